The smallest absolute Gasteiger partial charge is 0.183 e. The van der Waals surface area contributed by atoms with Crippen LogP contribution in [-0.4, -0.2) is 37.5 Å². The van der Waals surface area contributed by atoms with Crippen LogP contribution in [0.1, 0.15) is 36.1 Å². The molecule has 2 bridgehead atoms. The molecule has 2 aliphatic heterocycles. The molecule has 0 aliphatic carbocycles. The molecule has 2 unspecified atom stereocenters. The Labute approximate surface area is 271 Å². The van der Waals surface area contributed by atoms with Crippen molar-refractivity contribution in [3.8, 4) is 11.5 Å². The second-order valence-corrected chi connectivity index (χ2v) is 11.5. The largest absolute Gasteiger partial charge is 0.489 e. The Balaban J connectivity index is 1.22. The van der Waals surface area contributed by atoms with E-state index in [1.165, 1.54) is 0 Å². The van der Waals surface area contributed by atoms with Gasteiger partial charge in [0.15, 0.2) is 6.29 Å². The lowest BCUT2D eigenvalue weighted by Crippen LogP contribution is -2.32. The third-order valence-electron chi connectivity index (χ3n) is 8.36. The van der Waals surface area contributed by atoms with Crippen molar-refractivity contribution in [2.45, 2.75) is 57.9 Å². The highest BCUT2D eigenvalue weighted by molar-refractivity contribution is 5.83. The lowest BCUT2D eigenvalue weighted by atomic mass is 9.79. The summed E-state index contributed by atoms with van der Waals surface area (Å²) >= 11 is 0. The molecule has 0 saturated heterocycles. The number of benzene rings is 4. The summed E-state index contributed by atoms with van der Waals surface area (Å²) in [5.41, 5.74) is 5.93. The highest BCUT2D eigenvalue weighted by atomic mass is 16.7. The van der Waals surface area contributed by atoms with Crippen LogP contribution in [0, 0.1) is 0 Å². The zero-order valence-corrected chi connectivity index (χ0v) is 26.4. The van der Waals surface area contributed by atoms with Gasteiger partial charge in [-0.1, -0.05) is 84.9 Å². The van der Waals surface area contributed by atoms with Gasteiger partial charge in [0, 0.05) is 30.8 Å². The number of carbonyl (C=O) groups excluding carboxylic acids is 1. The molecule has 0 amide bonds. The average molecular weight is 617 g/mol. The van der Waals surface area contributed by atoms with Crippen LogP contribution in [0.3, 0.4) is 0 Å². The zero-order chi connectivity index (χ0) is 31.8. The van der Waals surface area contributed by atoms with Gasteiger partial charge in [-0.2, -0.15) is 0 Å². The Morgan fingerprint density at radius 3 is 1.72 bits per heavy atom. The summed E-state index contributed by atoms with van der Waals surface area (Å²) in [6, 6.07) is 36.4. The first kappa shape index (κ1) is 31.5. The maximum absolute atomic E-state index is 12.7. The summed E-state index contributed by atoms with van der Waals surface area (Å²) < 4.78 is 30.8. The number of aldehydes is 1. The van der Waals surface area contributed by atoms with Crippen molar-refractivity contribution >= 4 is 6.29 Å². The number of hydrogen-bond donors (Lipinski definition) is 0. The van der Waals surface area contributed by atoms with Gasteiger partial charge in [-0.3, -0.25) is 4.79 Å². The van der Waals surface area contributed by atoms with Crippen molar-refractivity contribution < 1.29 is 28.5 Å². The maximum Gasteiger partial charge on any atom is 0.183 e. The first-order valence-electron chi connectivity index (χ1n) is 15.9. The molecule has 2 heterocycles. The van der Waals surface area contributed by atoms with E-state index in [9.17, 15) is 4.79 Å². The van der Waals surface area contributed by atoms with E-state index in [0.717, 1.165) is 51.2 Å². The van der Waals surface area contributed by atoms with Crippen LogP contribution in [-0.2, 0) is 45.1 Å². The molecule has 6 nitrogen and oxygen atoms in total. The Morgan fingerprint density at radius 2 is 1.22 bits per heavy atom. The number of ether oxygens (including phenoxy) is 5. The fraction of sp³-hybridized carbons (Fsp3) is 0.275. The van der Waals surface area contributed by atoms with Gasteiger partial charge in [0.1, 0.15) is 42.7 Å². The van der Waals surface area contributed by atoms with Crippen LogP contribution >= 0.6 is 0 Å². The quantitative estimate of drug-likeness (QED) is 0.0734. The normalized spacial score (nSPS) is 18.6. The van der Waals surface area contributed by atoms with Crippen LogP contribution in [0.4, 0.5) is 0 Å². The molecule has 236 valence electrons. The molecule has 6 heteroatoms. The number of fused-ring (bicyclic) bond motifs is 2. The Hall–Kier alpha value is -4.49. The fourth-order valence-electron chi connectivity index (χ4n) is 6.19. The highest BCUT2D eigenvalue weighted by Crippen LogP contribution is 2.50. The van der Waals surface area contributed by atoms with Gasteiger partial charge in [-0.15, -0.1) is 0 Å². The molecule has 2 atom stereocenters. The molecule has 0 saturated carbocycles. The summed E-state index contributed by atoms with van der Waals surface area (Å²) in [4.78, 5) is 12.7. The van der Waals surface area contributed by atoms with E-state index < -0.39 is 18.0 Å². The summed E-state index contributed by atoms with van der Waals surface area (Å²) in [5, 5.41) is 0. The minimum atomic E-state index is -0.908. The van der Waals surface area contributed by atoms with Crippen LogP contribution in [0.25, 0.3) is 0 Å². The molecular weight excluding hydrogens is 576 g/mol. The van der Waals surface area contributed by atoms with Gasteiger partial charge in [-0.25, -0.2) is 0 Å². The van der Waals surface area contributed by atoms with Gasteiger partial charge >= 0.3 is 0 Å². The second-order valence-electron chi connectivity index (χ2n) is 11.5. The van der Waals surface area contributed by atoms with Crippen molar-refractivity contribution in [3.05, 3.63) is 154 Å². The van der Waals surface area contributed by atoms with Crippen LogP contribution in [0.2, 0.25) is 0 Å². The predicted molar refractivity (Wildman–Crippen MR) is 178 cm³/mol. The Morgan fingerprint density at radius 1 is 0.696 bits per heavy atom. The van der Waals surface area contributed by atoms with E-state index in [1.807, 2.05) is 98.8 Å². The van der Waals surface area contributed by atoms with Crippen molar-refractivity contribution in [1.82, 2.24) is 0 Å². The third-order valence-corrected chi connectivity index (χ3v) is 8.36. The molecule has 4 aromatic rings. The fourth-order valence-corrected chi connectivity index (χ4v) is 6.19. The van der Waals surface area contributed by atoms with E-state index >= 15 is 0 Å². The molecule has 0 N–H and O–H groups in total. The number of rotatable bonds is 16. The van der Waals surface area contributed by atoms with E-state index in [1.54, 1.807) is 0 Å². The summed E-state index contributed by atoms with van der Waals surface area (Å²) in [7, 11) is 0. The topological polar surface area (TPSA) is 63.2 Å². The van der Waals surface area contributed by atoms with E-state index in [2.05, 4.69) is 30.3 Å². The van der Waals surface area contributed by atoms with Crippen LogP contribution in [0.5, 0.6) is 11.5 Å². The average Bonchev–Trinajstić information content (AvgIpc) is 3.60. The minimum Gasteiger partial charge on any atom is -0.489 e. The molecule has 0 radical (unpaired) electrons. The Bertz CT molecular complexity index is 1640. The molecule has 2 aliphatic rings. The monoisotopic (exact) mass is 616 g/mol. The maximum atomic E-state index is 12.7. The molecule has 0 aromatic heterocycles. The highest BCUT2D eigenvalue weighted by Gasteiger charge is 2.54. The van der Waals surface area contributed by atoms with Gasteiger partial charge in [0.2, 0.25) is 0 Å². The lowest BCUT2D eigenvalue weighted by molar-refractivity contribution is -0.118. The van der Waals surface area contributed by atoms with Gasteiger partial charge < -0.3 is 23.7 Å². The number of hydrogen-bond acceptors (Lipinski definition) is 6. The Kier molecular flexibility index (Phi) is 10.1. The summed E-state index contributed by atoms with van der Waals surface area (Å²) in [6.07, 6.45) is 3.15. The third kappa shape index (κ3) is 7.15. The molecule has 0 fully saturated rings. The second kappa shape index (κ2) is 14.7. The first-order chi connectivity index (χ1) is 22.6. The van der Waals surface area contributed by atoms with Crippen molar-refractivity contribution in [2.75, 3.05) is 13.2 Å². The van der Waals surface area contributed by atoms with Gasteiger partial charge in [-0.05, 0) is 78.4 Å². The first-order valence-corrected chi connectivity index (χ1v) is 15.9. The van der Waals surface area contributed by atoms with E-state index in [-0.39, 0.29) is 0 Å². The van der Waals surface area contributed by atoms with E-state index in [0.29, 0.717) is 44.8 Å². The summed E-state index contributed by atoms with van der Waals surface area (Å²) in [6.45, 7) is 5.77. The van der Waals surface area contributed by atoms with Gasteiger partial charge in [0.25, 0.3) is 0 Å². The SMILES string of the molecule is CCOC(OCC)C1=C(C=O)C2(Cc3ccc(OCc4ccccc4)cc3)C=C(Cc3ccc(OCc4ccccc4)cc3)C1O2. The predicted octanol–water partition coefficient (Wildman–Crippen LogP) is 7.60. The minimum absolute atomic E-state index is 0.411. The molecular formula is C40H40O6. The van der Waals surface area contributed by atoms with E-state index in [4.69, 9.17) is 23.7 Å². The van der Waals surface area contributed by atoms with Crippen LogP contribution < -0.4 is 9.47 Å². The molecule has 6 rings (SSSR count). The van der Waals surface area contributed by atoms with Crippen molar-refractivity contribution in [2.24, 2.45) is 0 Å². The van der Waals surface area contributed by atoms with Crippen molar-refractivity contribution in [1.29, 1.82) is 0 Å². The summed E-state index contributed by atoms with van der Waals surface area (Å²) in [5.74, 6) is 1.60. The number of carbonyl (C=O) groups is 1. The van der Waals surface area contributed by atoms with Crippen molar-refractivity contribution in [3.63, 3.8) is 0 Å². The molecule has 46 heavy (non-hydrogen) atoms. The van der Waals surface area contributed by atoms with Crippen LogP contribution in [0.15, 0.2) is 132 Å². The standard InChI is InChI=1S/C40H40O6/c1-3-42-39(43-4-2)37-36(26-41)40(24-30-17-21-35(22-18-30)45-28-32-13-9-6-10-14-32)25-33(38(37)46-40)23-29-15-19-34(20-16-29)44-27-31-11-7-5-8-12-31/h5-22,25-26,38-39H,3-4,23-24,27-28H2,1-2H3. The van der Waals surface area contributed by atoms with Gasteiger partial charge in [0.05, 0.1) is 0 Å². The lowest BCUT2D eigenvalue weighted by Gasteiger charge is -2.27. The molecule has 4 aromatic carbocycles. The molecule has 0 spiro atoms. The zero-order valence-electron chi connectivity index (χ0n) is 26.4.